The molecule has 0 aliphatic heterocycles. The van der Waals surface area contributed by atoms with Crippen molar-refractivity contribution in [1.82, 2.24) is 4.57 Å². The SMILES string of the molecule is Cc1sc(=O)n(CCCN)c1-c1ccco1. The molecule has 86 valence electrons. The van der Waals surface area contributed by atoms with Crippen LogP contribution in [0.15, 0.2) is 27.6 Å². The van der Waals surface area contributed by atoms with Crippen molar-refractivity contribution in [3.63, 3.8) is 0 Å². The quantitative estimate of drug-likeness (QED) is 0.884. The summed E-state index contributed by atoms with van der Waals surface area (Å²) in [7, 11) is 0. The Morgan fingerprint density at radius 2 is 2.38 bits per heavy atom. The summed E-state index contributed by atoms with van der Waals surface area (Å²) >= 11 is 1.25. The predicted molar refractivity (Wildman–Crippen MR) is 64.7 cm³/mol. The van der Waals surface area contributed by atoms with E-state index in [1.807, 2.05) is 19.1 Å². The maximum atomic E-state index is 11.8. The van der Waals surface area contributed by atoms with Crippen LogP contribution >= 0.6 is 11.3 Å². The van der Waals surface area contributed by atoms with E-state index in [0.29, 0.717) is 13.1 Å². The molecule has 0 unspecified atom stereocenters. The molecule has 16 heavy (non-hydrogen) atoms. The highest BCUT2D eigenvalue weighted by Crippen LogP contribution is 2.25. The van der Waals surface area contributed by atoms with Gasteiger partial charge in [0.1, 0.15) is 5.69 Å². The van der Waals surface area contributed by atoms with Gasteiger partial charge in [-0.2, -0.15) is 0 Å². The molecule has 0 saturated heterocycles. The van der Waals surface area contributed by atoms with Crippen LogP contribution in [0.3, 0.4) is 0 Å². The van der Waals surface area contributed by atoms with Crippen molar-refractivity contribution in [3.8, 4) is 11.5 Å². The van der Waals surface area contributed by atoms with Crippen LogP contribution in [0, 0.1) is 6.92 Å². The smallest absolute Gasteiger partial charge is 0.307 e. The standard InChI is InChI=1S/C11H14N2O2S/c1-8-10(9-4-2-7-15-9)13(6-3-5-12)11(14)16-8/h2,4,7H,3,5-6,12H2,1H3. The lowest BCUT2D eigenvalue weighted by Gasteiger charge is -2.05. The summed E-state index contributed by atoms with van der Waals surface area (Å²) in [5.74, 6) is 0.743. The topological polar surface area (TPSA) is 61.2 Å². The second kappa shape index (κ2) is 4.67. The molecule has 0 aromatic carbocycles. The molecule has 2 heterocycles. The first-order valence-electron chi connectivity index (χ1n) is 5.18. The molecule has 2 aromatic heterocycles. The molecule has 5 heteroatoms. The van der Waals surface area contributed by atoms with E-state index in [9.17, 15) is 4.79 Å². The number of aromatic nitrogens is 1. The Kier molecular flexibility index (Phi) is 3.26. The minimum Gasteiger partial charge on any atom is -0.463 e. The Bertz CT molecular complexity index is 511. The lowest BCUT2D eigenvalue weighted by molar-refractivity contribution is 0.565. The summed E-state index contributed by atoms with van der Waals surface area (Å²) in [6.07, 6.45) is 2.41. The zero-order chi connectivity index (χ0) is 11.5. The van der Waals surface area contributed by atoms with Crippen LogP contribution in [-0.4, -0.2) is 11.1 Å². The fourth-order valence-corrected chi connectivity index (χ4v) is 2.55. The van der Waals surface area contributed by atoms with Crippen molar-refractivity contribution in [2.75, 3.05) is 6.54 Å². The number of nitrogens with zero attached hydrogens (tertiary/aromatic N) is 1. The highest BCUT2D eigenvalue weighted by atomic mass is 32.1. The van der Waals surface area contributed by atoms with Crippen molar-refractivity contribution >= 4 is 11.3 Å². The molecule has 4 nitrogen and oxygen atoms in total. The third kappa shape index (κ3) is 1.96. The fraction of sp³-hybridized carbons (Fsp3) is 0.364. The van der Waals surface area contributed by atoms with Crippen molar-refractivity contribution in [1.29, 1.82) is 0 Å². The van der Waals surface area contributed by atoms with Gasteiger partial charge in [-0.25, -0.2) is 0 Å². The number of aryl methyl sites for hydroxylation is 1. The Hall–Kier alpha value is -1.33. The number of nitrogens with two attached hydrogens (primary N) is 1. The van der Waals surface area contributed by atoms with E-state index in [1.54, 1.807) is 10.8 Å². The van der Waals surface area contributed by atoms with Crippen molar-refractivity contribution in [2.24, 2.45) is 5.73 Å². The van der Waals surface area contributed by atoms with Gasteiger partial charge in [-0.3, -0.25) is 9.36 Å². The van der Waals surface area contributed by atoms with Gasteiger partial charge < -0.3 is 10.2 Å². The van der Waals surface area contributed by atoms with Crippen molar-refractivity contribution in [3.05, 3.63) is 32.9 Å². The first kappa shape index (κ1) is 11.2. The molecule has 0 aliphatic rings. The highest BCUT2D eigenvalue weighted by Gasteiger charge is 2.15. The van der Waals surface area contributed by atoms with Gasteiger partial charge in [0.25, 0.3) is 0 Å². The summed E-state index contributed by atoms with van der Waals surface area (Å²) < 4.78 is 7.09. The summed E-state index contributed by atoms with van der Waals surface area (Å²) in [6, 6.07) is 3.69. The second-order valence-electron chi connectivity index (χ2n) is 3.54. The van der Waals surface area contributed by atoms with Crippen LogP contribution in [-0.2, 0) is 6.54 Å². The minimum absolute atomic E-state index is 0.0531. The zero-order valence-corrected chi connectivity index (χ0v) is 9.92. The van der Waals surface area contributed by atoms with Gasteiger partial charge in [-0.15, -0.1) is 0 Å². The molecule has 0 aliphatic carbocycles. The lowest BCUT2D eigenvalue weighted by atomic mass is 10.3. The number of hydrogen-bond acceptors (Lipinski definition) is 4. The van der Waals surface area contributed by atoms with Gasteiger partial charge in [0.2, 0.25) is 0 Å². The van der Waals surface area contributed by atoms with Crippen LogP contribution in [0.25, 0.3) is 11.5 Å². The van der Waals surface area contributed by atoms with E-state index < -0.39 is 0 Å². The predicted octanol–water partition coefficient (Wildman–Crippen LogP) is 1.83. The molecule has 0 radical (unpaired) electrons. The first-order chi connectivity index (χ1) is 7.74. The van der Waals surface area contributed by atoms with E-state index in [0.717, 1.165) is 22.8 Å². The Balaban J connectivity index is 2.47. The van der Waals surface area contributed by atoms with Crippen molar-refractivity contribution in [2.45, 2.75) is 19.9 Å². The van der Waals surface area contributed by atoms with Crippen molar-refractivity contribution < 1.29 is 4.42 Å². The molecule has 2 aromatic rings. The molecule has 2 N–H and O–H groups in total. The number of rotatable bonds is 4. The normalized spacial score (nSPS) is 10.9. The highest BCUT2D eigenvalue weighted by molar-refractivity contribution is 7.09. The van der Waals surface area contributed by atoms with Gasteiger partial charge >= 0.3 is 4.87 Å². The van der Waals surface area contributed by atoms with E-state index >= 15 is 0 Å². The second-order valence-corrected chi connectivity index (χ2v) is 4.71. The molecule has 2 rings (SSSR count). The average molecular weight is 238 g/mol. The maximum Gasteiger partial charge on any atom is 0.307 e. The third-order valence-corrected chi connectivity index (χ3v) is 3.30. The third-order valence-electron chi connectivity index (χ3n) is 2.40. The van der Waals surface area contributed by atoms with E-state index in [4.69, 9.17) is 10.2 Å². The number of furan rings is 1. The molecule has 0 atom stereocenters. The van der Waals surface area contributed by atoms with E-state index in [-0.39, 0.29) is 4.87 Å². The number of thiazole rings is 1. The van der Waals surface area contributed by atoms with Gasteiger partial charge in [0, 0.05) is 11.4 Å². The summed E-state index contributed by atoms with van der Waals surface area (Å²) in [4.78, 5) is 12.8. The zero-order valence-electron chi connectivity index (χ0n) is 9.10. The molecule has 0 amide bonds. The monoisotopic (exact) mass is 238 g/mol. The number of hydrogen-bond donors (Lipinski definition) is 1. The maximum absolute atomic E-state index is 11.8. The Morgan fingerprint density at radius 3 is 3.00 bits per heavy atom. The van der Waals surface area contributed by atoms with Gasteiger partial charge in [0.05, 0.1) is 6.26 Å². The van der Waals surface area contributed by atoms with Crippen LogP contribution < -0.4 is 10.6 Å². The van der Waals surface area contributed by atoms with E-state index in [1.165, 1.54) is 11.3 Å². The average Bonchev–Trinajstić information content (AvgIpc) is 2.83. The van der Waals surface area contributed by atoms with Crippen LogP contribution in [0.1, 0.15) is 11.3 Å². The molecular formula is C11H14N2O2S. The van der Waals surface area contributed by atoms with Crippen LogP contribution in [0.4, 0.5) is 0 Å². The largest absolute Gasteiger partial charge is 0.463 e. The lowest BCUT2D eigenvalue weighted by Crippen LogP contribution is -2.16. The van der Waals surface area contributed by atoms with E-state index in [2.05, 4.69) is 0 Å². The molecule has 0 saturated carbocycles. The van der Waals surface area contributed by atoms with Gasteiger partial charge in [-0.1, -0.05) is 11.3 Å². The molecular weight excluding hydrogens is 224 g/mol. The summed E-state index contributed by atoms with van der Waals surface area (Å²) in [5, 5.41) is 0. The summed E-state index contributed by atoms with van der Waals surface area (Å²) in [6.45, 7) is 3.16. The Labute approximate surface area is 97.3 Å². The first-order valence-corrected chi connectivity index (χ1v) is 6.00. The molecule has 0 spiro atoms. The van der Waals surface area contributed by atoms with Gasteiger partial charge in [-0.05, 0) is 32.0 Å². The molecule has 0 bridgehead atoms. The van der Waals surface area contributed by atoms with Crippen LogP contribution in [0.5, 0.6) is 0 Å². The minimum atomic E-state index is 0.0531. The Morgan fingerprint density at radius 1 is 1.56 bits per heavy atom. The fourth-order valence-electron chi connectivity index (χ4n) is 1.69. The molecule has 0 fully saturated rings. The summed E-state index contributed by atoms with van der Waals surface area (Å²) in [5.41, 5.74) is 6.35. The van der Waals surface area contributed by atoms with Crippen LogP contribution in [0.2, 0.25) is 0 Å². The van der Waals surface area contributed by atoms with Gasteiger partial charge in [0.15, 0.2) is 5.76 Å².